The van der Waals surface area contributed by atoms with Gasteiger partial charge in [0.15, 0.2) is 0 Å². The van der Waals surface area contributed by atoms with Gasteiger partial charge >= 0.3 is 0 Å². The molecule has 25 heavy (non-hydrogen) atoms. The average molecular weight is 341 g/mol. The number of aliphatic hydroxyl groups is 1. The Labute approximate surface area is 150 Å². The van der Waals surface area contributed by atoms with Crippen molar-refractivity contribution in [3.63, 3.8) is 0 Å². The average Bonchev–Trinajstić information content (AvgIpc) is 2.97. The Morgan fingerprint density at radius 3 is 2.84 bits per heavy atom. The van der Waals surface area contributed by atoms with Crippen molar-refractivity contribution in [2.75, 3.05) is 6.54 Å². The van der Waals surface area contributed by atoms with E-state index in [9.17, 15) is 5.11 Å². The van der Waals surface area contributed by atoms with Crippen LogP contribution in [0.15, 0.2) is 18.3 Å². The number of likely N-dealkylation sites (tertiary alicyclic amines) is 1. The molecule has 1 aliphatic heterocycles. The first-order valence-corrected chi connectivity index (χ1v) is 9.83. The summed E-state index contributed by atoms with van der Waals surface area (Å²) in [6.45, 7) is 8.77. The molecule has 4 nitrogen and oxygen atoms in total. The lowest BCUT2D eigenvalue weighted by molar-refractivity contribution is -0.0393. The number of aromatic amines is 1. The topological polar surface area (TPSA) is 52.2 Å². The van der Waals surface area contributed by atoms with Crippen molar-refractivity contribution in [2.24, 2.45) is 5.92 Å². The molecule has 2 aromatic rings. The van der Waals surface area contributed by atoms with Crippen LogP contribution in [0.3, 0.4) is 0 Å². The molecule has 2 aromatic heterocycles. The maximum atomic E-state index is 10.5. The molecule has 2 fully saturated rings. The summed E-state index contributed by atoms with van der Waals surface area (Å²) < 4.78 is 0. The lowest BCUT2D eigenvalue weighted by Crippen LogP contribution is -2.52. The molecule has 3 heterocycles. The van der Waals surface area contributed by atoms with Crippen LogP contribution in [0.5, 0.6) is 0 Å². The zero-order valence-corrected chi connectivity index (χ0v) is 15.8. The van der Waals surface area contributed by atoms with Gasteiger partial charge in [-0.3, -0.25) is 4.90 Å². The molecule has 0 bridgehead atoms. The van der Waals surface area contributed by atoms with E-state index in [1.807, 2.05) is 12.3 Å². The number of nitrogens with zero attached hydrogens (tertiary/aromatic N) is 2. The van der Waals surface area contributed by atoms with Crippen LogP contribution in [-0.4, -0.2) is 38.7 Å². The van der Waals surface area contributed by atoms with Crippen molar-refractivity contribution in [1.82, 2.24) is 14.9 Å². The smallest absolute Gasteiger partial charge is 0.137 e. The molecule has 1 aliphatic carbocycles. The number of pyridine rings is 1. The summed E-state index contributed by atoms with van der Waals surface area (Å²) in [5, 5.41) is 11.7. The lowest BCUT2D eigenvalue weighted by atomic mass is 9.76. The van der Waals surface area contributed by atoms with Gasteiger partial charge in [0.05, 0.1) is 6.10 Å². The standard InChI is InChI=1S/C21H31N3O/c1-21(2,3)19-16(14-8-6-11-22-20(14)23-19)13-24-12-10-18(25)15-7-4-5-9-17(15)24/h6,8,11,15,17-18,25H,4-5,7,9-10,12-13H2,1-3H3,(H,22,23)/t15-,17+,18-/m0/s1. The molecule has 4 heteroatoms. The van der Waals surface area contributed by atoms with Crippen LogP contribution in [0.2, 0.25) is 0 Å². The van der Waals surface area contributed by atoms with Crippen molar-refractivity contribution in [3.05, 3.63) is 29.6 Å². The largest absolute Gasteiger partial charge is 0.393 e. The quantitative estimate of drug-likeness (QED) is 0.868. The van der Waals surface area contributed by atoms with Gasteiger partial charge in [0.2, 0.25) is 0 Å². The molecule has 0 unspecified atom stereocenters. The van der Waals surface area contributed by atoms with Gasteiger partial charge in [0.25, 0.3) is 0 Å². The number of rotatable bonds is 2. The molecule has 3 atom stereocenters. The van der Waals surface area contributed by atoms with Gasteiger partial charge in [-0.25, -0.2) is 4.98 Å². The molecule has 0 aromatic carbocycles. The molecular formula is C21H31N3O. The van der Waals surface area contributed by atoms with Crippen LogP contribution in [0.1, 0.15) is 64.1 Å². The van der Waals surface area contributed by atoms with Crippen LogP contribution in [0.4, 0.5) is 0 Å². The molecule has 0 radical (unpaired) electrons. The molecule has 136 valence electrons. The number of piperidine rings is 1. The summed E-state index contributed by atoms with van der Waals surface area (Å²) in [5.41, 5.74) is 3.77. The summed E-state index contributed by atoms with van der Waals surface area (Å²) in [5.74, 6) is 0.462. The Morgan fingerprint density at radius 2 is 2.04 bits per heavy atom. The fourth-order valence-electron chi connectivity index (χ4n) is 5.00. The zero-order valence-electron chi connectivity index (χ0n) is 15.8. The number of fused-ring (bicyclic) bond motifs is 2. The minimum atomic E-state index is -0.103. The van der Waals surface area contributed by atoms with Crippen molar-refractivity contribution >= 4 is 11.0 Å². The van der Waals surface area contributed by atoms with Gasteiger partial charge in [-0.2, -0.15) is 0 Å². The fourth-order valence-corrected chi connectivity index (χ4v) is 5.00. The Balaban J connectivity index is 1.70. The van der Waals surface area contributed by atoms with Gasteiger partial charge in [-0.15, -0.1) is 0 Å². The molecule has 4 rings (SSSR count). The van der Waals surface area contributed by atoms with Crippen molar-refractivity contribution < 1.29 is 5.11 Å². The summed E-state index contributed by atoms with van der Waals surface area (Å²) >= 11 is 0. The van der Waals surface area contributed by atoms with E-state index < -0.39 is 0 Å². The molecule has 2 aliphatic rings. The Bertz CT molecular complexity index is 745. The first-order chi connectivity index (χ1) is 11.9. The predicted molar refractivity (Wildman–Crippen MR) is 102 cm³/mol. The second kappa shape index (κ2) is 6.40. The maximum Gasteiger partial charge on any atom is 0.137 e. The highest BCUT2D eigenvalue weighted by Gasteiger charge is 2.39. The van der Waals surface area contributed by atoms with Crippen LogP contribution in [0, 0.1) is 5.92 Å². The highest BCUT2D eigenvalue weighted by Crippen LogP contribution is 2.38. The van der Waals surface area contributed by atoms with E-state index in [1.54, 1.807) is 0 Å². The molecule has 1 saturated heterocycles. The number of aromatic nitrogens is 2. The van der Waals surface area contributed by atoms with E-state index in [0.29, 0.717) is 12.0 Å². The van der Waals surface area contributed by atoms with E-state index in [1.165, 1.54) is 42.3 Å². The van der Waals surface area contributed by atoms with Crippen molar-refractivity contribution in [1.29, 1.82) is 0 Å². The Kier molecular flexibility index (Phi) is 4.37. The molecule has 1 saturated carbocycles. The molecule has 0 spiro atoms. The summed E-state index contributed by atoms with van der Waals surface area (Å²) in [4.78, 5) is 10.8. The van der Waals surface area contributed by atoms with Crippen molar-refractivity contribution in [2.45, 2.75) is 77.0 Å². The molecule has 0 amide bonds. The number of hydrogen-bond donors (Lipinski definition) is 2. The monoisotopic (exact) mass is 341 g/mol. The third-order valence-corrected chi connectivity index (χ3v) is 6.25. The van der Waals surface area contributed by atoms with Gasteiger partial charge in [-0.05, 0) is 37.0 Å². The first kappa shape index (κ1) is 17.0. The zero-order chi connectivity index (χ0) is 17.6. The van der Waals surface area contributed by atoms with Gasteiger partial charge in [0.1, 0.15) is 5.65 Å². The third-order valence-electron chi connectivity index (χ3n) is 6.25. The maximum absolute atomic E-state index is 10.5. The minimum Gasteiger partial charge on any atom is -0.393 e. The van der Waals surface area contributed by atoms with Gasteiger partial charge < -0.3 is 10.1 Å². The first-order valence-electron chi connectivity index (χ1n) is 9.83. The van der Waals surface area contributed by atoms with E-state index >= 15 is 0 Å². The van der Waals surface area contributed by atoms with E-state index in [0.717, 1.165) is 25.2 Å². The van der Waals surface area contributed by atoms with E-state index in [-0.39, 0.29) is 11.5 Å². The van der Waals surface area contributed by atoms with E-state index in [2.05, 4.69) is 41.7 Å². The van der Waals surface area contributed by atoms with Crippen molar-refractivity contribution in [3.8, 4) is 0 Å². The normalized spacial score (nSPS) is 28.2. The Hall–Kier alpha value is -1.39. The SMILES string of the molecule is CC(C)(C)c1[nH]c2ncccc2c1CN1CC[C@H](O)[C@H]2CCCC[C@H]21. The number of aliphatic hydroxyl groups excluding tert-OH is 1. The second-order valence-corrected chi connectivity index (χ2v) is 8.97. The van der Waals surface area contributed by atoms with Crippen LogP contribution in [-0.2, 0) is 12.0 Å². The third kappa shape index (κ3) is 3.11. The predicted octanol–water partition coefficient (Wildman–Crippen LogP) is 3.99. The summed E-state index contributed by atoms with van der Waals surface area (Å²) in [6.07, 6.45) is 7.66. The number of nitrogens with one attached hydrogen (secondary N) is 1. The molecule has 2 N–H and O–H groups in total. The van der Waals surface area contributed by atoms with Gasteiger partial charge in [-0.1, -0.05) is 33.6 Å². The Morgan fingerprint density at radius 1 is 1.24 bits per heavy atom. The fraction of sp³-hybridized carbons (Fsp3) is 0.667. The molecular weight excluding hydrogens is 310 g/mol. The van der Waals surface area contributed by atoms with E-state index in [4.69, 9.17) is 0 Å². The van der Waals surface area contributed by atoms with Crippen LogP contribution < -0.4 is 0 Å². The lowest BCUT2D eigenvalue weighted by Gasteiger charge is -2.46. The van der Waals surface area contributed by atoms with Crippen LogP contribution in [0.25, 0.3) is 11.0 Å². The van der Waals surface area contributed by atoms with Crippen LogP contribution >= 0.6 is 0 Å². The number of hydrogen-bond acceptors (Lipinski definition) is 3. The number of H-pyrrole nitrogens is 1. The minimum absolute atomic E-state index is 0.0668. The summed E-state index contributed by atoms with van der Waals surface area (Å²) in [7, 11) is 0. The second-order valence-electron chi connectivity index (χ2n) is 8.97. The summed E-state index contributed by atoms with van der Waals surface area (Å²) in [6, 6.07) is 4.77. The highest BCUT2D eigenvalue weighted by molar-refractivity contribution is 5.81. The highest BCUT2D eigenvalue weighted by atomic mass is 16.3. The van der Waals surface area contributed by atoms with Gasteiger partial charge in [0, 0.05) is 47.7 Å².